The first-order valence-corrected chi connectivity index (χ1v) is 13.8. The number of anilines is 1. The minimum absolute atomic E-state index is 0.0245. The zero-order valence-electron chi connectivity index (χ0n) is 19.8. The van der Waals surface area contributed by atoms with Crippen LogP contribution in [0.4, 0.5) is 5.69 Å². The van der Waals surface area contributed by atoms with Gasteiger partial charge in [0.2, 0.25) is 10.0 Å². The van der Waals surface area contributed by atoms with E-state index in [4.69, 9.17) is 0 Å². The molecule has 1 N–H and O–H groups in total. The molecule has 0 bridgehead atoms. The van der Waals surface area contributed by atoms with Crippen molar-refractivity contribution in [1.82, 2.24) is 14.3 Å². The van der Waals surface area contributed by atoms with Crippen molar-refractivity contribution in [3.05, 3.63) is 77.9 Å². The van der Waals surface area contributed by atoms with Crippen LogP contribution in [0.5, 0.6) is 0 Å². The van der Waals surface area contributed by atoms with Crippen LogP contribution in [0.3, 0.4) is 0 Å². The molecular formula is C27H31N5O2S. The van der Waals surface area contributed by atoms with Crippen LogP contribution in [0, 0.1) is 17.2 Å². The number of aromatic nitrogens is 2. The summed E-state index contributed by atoms with van der Waals surface area (Å²) in [6.45, 7) is 1.34. The van der Waals surface area contributed by atoms with E-state index >= 15 is 0 Å². The minimum atomic E-state index is -3.78. The molecule has 1 aliphatic heterocycles. The van der Waals surface area contributed by atoms with Crippen LogP contribution < -0.4 is 4.90 Å². The van der Waals surface area contributed by atoms with Crippen LogP contribution in [0.25, 0.3) is 0 Å². The highest BCUT2D eigenvalue weighted by Crippen LogP contribution is 2.35. The van der Waals surface area contributed by atoms with Gasteiger partial charge in [0, 0.05) is 31.0 Å². The first-order valence-electron chi connectivity index (χ1n) is 12.4. The number of imidazole rings is 1. The molecular weight excluding hydrogens is 458 g/mol. The number of nitrogens with zero attached hydrogens (tertiary/aromatic N) is 4. The molecule has 182 valence electrons. The van der Waals surface area contributed by atoms with Gasteiger partial charge in [-0.2, -0.15) is 9.57 Å². The lowest BCUT2D eigenvalue weighted by molar-refractivity contribution is 0.350. The van der Waals surface area contributed by atoms with E-state index in [-0.39, 0.29) is 10.9 Å². The van der Waals surface area contributed by atoms with E-state index in [1.807, 2.05) is 24.4 Å². The molecule has 1 saturated carbocycles. The van der Waals surface area contributed by atoms with Gasteiger partial charge in [0.05, 0.1) is 35.1 Å². The summed E-state index contributed by atoms with van der Waals surface area (Å²) in [5.74, 6) is 0.722. The number of nitriles is 1. The van der Waals surface area contributed by atoms with E-state index in [0.717, 1.165) is 35.7 Å². The molecule has 1 atom stereocenters. The number of benzene rings is 2. The van der Waals surface area contributed by atoms with Crippen LogP contribution in [0.15, 0.2) is 66.0 Å². The van der Waals surface area contributed by atoms with Crippen LogP contribution in [0.2, 0.25) is 0 Å². The van der Waals surface area contributed by atoms with Crippen molar-refractivity contribution in [3.63, 3.8) is 0 Å². The van der Waals surface area contributed by atoms with Gasteiger partial charge in [0.1, 0.15) is 0 Å². The predicted octanol–water partition coefficient (Wildman–Crippen LogP) is 4.83. The van der Waals surface area contributed by atoms with E-state index in [0.29, 0.717) is 25.2 Å². The van der Waals surface area contributed by atoms with Gasteiger partial charge in [-0.15, -0.1) is 0 Å². The molecule has 0 amide bonds. The maximum Gasteiger partial charge on any atom is 0.243 e. The van der Waals surface area contributed by atoms with Crippen molar-refractivity contribution >= 4 is 15.7 Å². The average Bonchev–Trinajstić information content (AvgIpc) is 3.57. The molecule has 2 aliphatic rings. The van der Waals surface area contributed by atoms with Gasteiger partial charge in [-0.3, -0.25) is 0 Å². The normalized spacial score (nSPS) is 19.3. The molecule has 1 aromatic heterocycles. The van der Waals surface area contributed by atoms with Crippen LogP contribution in [-0.2, 0) is 23.1 Å². The second-order valence-corrected chi connectivity index (χ2v) is 11.6. The number of para-hydroxylation sites is 1. The fourth-order valence-corrected chi connectivity index (χ4v) is 7.01. The smallest absolute Gasteiger partial charge is 0.243 e. The lowest BCUT2D eigenvalue weighted by Crippen LogP contribution is -2.43. The van der Waals surface area contributed by atoms with Gasteiger partial charge in [0.15, 0.2) is 0 Å². The zero-order chi connectivity index (χ0) is 24.3. The summed E-state index contributed by atoms with van der Waals surface area (Å²) in [5, 5.41) is 9.31. The van der Waals surface area contributed by atoms with Crippen LogP contribution in [-0.4, -0.2) is 35.3 Å². The molecule has 8 heteroatoms. The van der Waals surface area contributed by atoms with Crippen LogP contribution in [0.1, 0.15) is 55.3 Å². The molecule has 0 spiro atoms. The highest BCUT2D eigenvalue weighted by atomic mass is 32.2. The fraction of sp³-hybridized carbons (Fsp3) is 0.407. The third-order valence-electron chi connectivity index (χ3n) is 7.38. The third-order valence-corrected chi connectivity index (χ3v) is 9.19. The Morgan fingerprint density at radius 2 is 1.91 bits per heavy atom. The van der Waals surface area contributed by atoms with Crippen LogP contribution >= 0.6 is 0 Å². The summed E-state index contributed by atoms with van der Waals surface area (Å²) in [7, 11) is -3.78. The minimum Gasteiger partial charge on any atom is -0.361 e. The number of fused-ring (bicyclic) bond motifs is 1. The lowest BCUT2D eigenvalue weighted by atomic mass is 9.97. The first-order chi connectivity index (χ1) is 17.0. The quantitative estimate of drug-likeness (QED) is 0.513. The van der Waals surface area contributed by atoms with Gasteiger partial charge in [-0.1, -0.05) is 49.9 Å². The Balaban J connectivity index is 1.52. The first kappa shape index (κ1) is 23.6. The molecule has 2 heterocycles. The predicted molar refractivity (Wildman–Crippen MR) is 135 cm³/mol. The summed E-state index contributed by atoms with van der Waals surface area (Å²) >= 11 is 0. The molecule has 3 aromatic rings. The Kier molecular flexibility index (Phi) is 6.89. The maximum atomic E-state index is 13.8. The summed E-state index contributed by atoms with van der Waals surface area (Å²) < 4.78 is 29.3. The van der Waals surface area contributed by atoms with Crippen molar-refractivity contribution in [2.75, 3.05) is 11.4 Å². The van der Waals surface area contributed by atoms with E-state index in [9.17, 15) is 13.7 Å². The number of aromatic amines is 1. The summed E-state index contributed by atoms with van der Waals surface area (Å²) in [4.78, 5) is 9.95. The van der Waals surface area contributed by atoms with Gasteiger partial charge in [0.25, 0.3) is 0 Å². The monoisotopic (exact) mass is 489 g/mol. The van der Waals surface area contributed by atoms with Crippen molar-refractivity contribution in [1.29, 1.82) is 5.26 Å². The largest absolute Gasteiger partial charge is 0.361 e. The van der Waals surface area contributed by atoms with E-state index in [1.165, 1.54) is 31.7 Å². The van der Waals surface area contributed by atoms with Gasteiger partial charge in [-0.25, -0.2) is 13.4 Å². The highest BCUT2D eigenvalue weighted by Gasteiger charge is 2.35. The Labute approximate surface area is 207 Å². The Hall–Kier alpha value is -3.15. The Bertz CT molecular complexity index is 1290. The number of nitrogens with one attached hydrogen (secondary N) is 1. The molecule has 7 nitrogen and oxygen atoms in total. The SMILES string of the molecule is N#Cc1cccc(S(=O)(=O)N2Cc3ccccc3N(Cc3cnc[nH]3)[C@@H](CCC3CCCC3)C2)c1. The van der Waals surface area contributed by atoms with Crippen molar-refractivity contribution in [2.45, 2.75) is 62.6 Å². The van der Waals surface area contributed by atoms with E-state index in [2.05, 4.69) is 27.0 Å². The summed E-state index contributed by atoms with van der Waals surface area (Å²) in [5.41, 5.74) is 3.40. The molecule has 0 saturated heterocycles. The third kappa shape index (κ3) is 5.12. The number of H-pyrrole nitrogens is 1. The fourth-order valence-electron chi connectivity index (χ4n) is 5.51. The summed E-state index contributed by atoms with van der Waals surface area (Å²) in [6.07, 6.45) is 10.7. The van der Waals surface area contributed by atoms with E-state index in [1.54, 1.807) is 28.8 Å². The van der Waals surface area contributed by atoms with E-state index < -0.39 is 10.0 Å². The van der Waals surface area contributed by atoms with Gasteiger partial charge < -0.3 is 9.88 Å². The van der Waals surface area contributed by atoms with Crippen molar-refractivity contribution in [2.24, 2.45) is 5.92 Å². The molecule has 2 aromatic carbocycles. The molecule has 1 fully saturated rings. The topological polar surface area (TPSA) is 93.1 Å². The number of rotatable bonds is 7. The second kappa shape index (κ2) is 10.2. The van der Waals surface area contributed by atoms with Gasteiger partial charge in [-0.05, 0) is 48.6 Å². The number of hydrogen-bond acceptors (Lipinski definition) is 5. The second-order valence-electron chi connectivity index (χ2n) is 9.65. The number of hydrogen-bond donors (Lipinski definition) is 1. The molecule has 1 aliphatic carbocycles. The zero-order valence-corrected chi connectivity index (χ0v) is 20.6. The average molecular weight is 490 g/mol. The number of sulfonamides is 1. The van der Waals surface area contributed by atoms with Crippen molar-refractivity contribution in [3.8, 4) is 6.07 Å². The summed E-state index contributed by atoms with van der Waals surface area (Å²) in [6, 6.07) is 16.5. The lowest BCUT2D eigenvalue weighted by Gasteiger charge is -2.34. The molecule has 0 unspecified atom stereocenters. The molecule has 5 rings (SSSR count). The maximum absolute atomic E-state index is 13.8. The molecule has 35 heavy (non-hydrogen) atoms. The highest BCUT2D eigenvalue weighted by molar-refractivity contribution is 7.89. The van der Waals surface area contributed by atoms with Gasteiger partial charge >= 0.3 is 0 Å². The standard InChI is InChI=1S/C27H31N5O2S/c28-15-22-8-5-10-26(14-22)35(33,34)31-17-23-9-3-4-11-27(23)32(18-24-16-29-20-30-24)25(19-31)13-12-21-6-1-2-7-21/h3-5,8-11,14,16,20-21,25H,1-2,6-7,12-13,17-19H2,(H,29,30)/t25-/m0/s1. The van der Waals surface area contributed by atoms with Crippen molar-refractivity contribution < 1.29 is 8.42 Å². The Morgan fingerprint density at radius 1 is 1.09 bits per heavy atom. The Morgan fingerprint density at radius 3 is 2.69 bits per heavy atom. The molecule has 0 radical (unpaired) electrons.